The Bertz CT molecular complexity index is 412. The lowest BCUT2D eigenvalue weighted by Crippen LogP contribution is -2.18. The number of amides is 1. The van der Waals surface area contributed by atoms with Gasteiger partial charge in [-0.25, -0.2) is 9.78 Å². The summed E-state index contributed by atoms with van der Waals surface area (Å²) in [6.07, 6.45) is 9.03. The molecule has 0 aromatic carbocycles. The molecule has 1 aromatic rings. The first-order valence-corrected chi connectivity index (χ1v) is 7.44. The second kappa shape index (κ2) is 7.72. The molecule has 0 unspecified atom stereocenters. The summed E-state index contributed by atoms with van der Waals surface area (Å²) < 4.78 is 4.81. The van der Waals surface area contributed by atoms with Gasteiger partial charge in [-0.15, -0.1) is 0 Å². The third-order valence-corrected chi connectivity index (χ3v) is 3.50. The molecule has 0 bridgehead atoms. The highest BCUT2D eigenvalue weighted by Crippen LogP contribution is 2.21. The number of hydrogen-bond donors (Lipinski definition) is 2. The monoisotopic (exact) mass is 277 g/mol. The van der Waals surface area contributed by atoms with Crippen molar-refractivity contribution < 1.29 is 9.53 Å². The zero-order chi connectivity index (χ0) is 14.2. The Balaban J connectivity index is 1.85. The zero-order valence-electron chi connectivity index (χ0n) is 12.0. The van der Waals surface area contributed by atoms with Crippen LogP contribution in [0.5, 0.6) is 0 Å². The Morgan fingerprint density at radius 1 is 1.30 bits per heavy atom. The van der Waals surface area contributed by atoms with Crippen LogP contribution in [-0.4, -0.2) is 23.7 Å². The number of nitrogens with one attached hydrogen (secondary N) is 2. The molecule has 1 aromatic heterocycles. The van der Waals surface area contributed by atoms with Crippen LogP contribution in [0.3, 0.4) is 0 Å². The van der Waals surface area contributed by atoms with Crippen LogP contribution >= 0.6 is 0 Å². The minimum atomic E-state index is -0.468. The number of carbonyl (C=O) groups is 1. The van der Waals surface area contributed by atoms with Gasteiger partial charge in [0, 0.05) is 6.04 Å². The molecule has 0 aliphatic heterocycles. The third-order valence-electron chi connectivity index (χ3n) is 3.50. The Labute approximate surface area is 120 Å². The standard InChI is InChI=1S/C15H23N3O2/c1-2-20-15(19)18-14-10-9-13(11-16-14)17-12-7-5-3-4-6-8-12/h9-12,17H,2-8H2,1H3,(H,16,18,19). The fourth-order valence-corrected chi connectivity index (χ4v) is 2.48. The second-order valence-electron chi connectivity index (χ2n) is 5.11. The molecule has 2 N–H and O–H groups in total. The highest BCUT2D eigenvalue weighted by atomic mass is 16.5. The fraction of sp³-hybridized carbons (Fsp3) is 0.600. The van der Waals surface area contributed by atoms with Gasteiger partial charge in [-0.05, 0) is 31.9 Å². The molecule has 1 amide bonds. The van der Waals surface area contributed by atoms with Crippen molar-refractivity contribution in [2.45, 2.75) is 51.5 Å². The van der Waals surface area contributed by atoms with Gasteiger partial charge in [-0.3, -0.25) is 5.32 Å². The lowest BCUT2D eigenvalue weighted by Gasteiger charge is -2.17. The highest BCUT2D eigenvalue weighted by molar-refractivity contribution is 5.83. The molecule has 0 saturated heterocycles. The van der Waals surface area contributed by atoms with Crippen LogP contribution in [0, 0.1) is 0 Å². The number of nitrogens with zero attached hydrogens (tertiary/aromatic N) is 1. The lowest BCUT2D eigenvalue weighted by atomic mass is 10.1. The van der Waals surface area contributed by atoms with Gasteiger partial charge in [0.05, 0.1) is 18.5 Å². The summed E-state index contributed by atoms with van der Waals surface area (Å²) in [5.41, 5.74) is 1.01. The van der Waals surface area contributed by atoms with Crippen molar-refractivity contribution in [2.75, 3.05) is 17.2 Å². The number of pyridine rings is 1. The van der Waals surface area contributed by atoms with E-state index in [1.54, 1.807) is 19.2 Å². The molecule has 0 atom stereocenters. The number of aromatic nitrogens is 1. The summed E-state index contributed by atoms with van der Waals surface area (Å²) in [7, 11) is 0. The number of rotatable bonds is 4. The van der Waals surface area contributed by atoms with Gasteiger partial charge >= 0.3 is 6.09 Å². The van der Waals surface area contributed by atoms with Crippen LogP contribution in [0.25, 0.3) is 0 Å². The normalized spacial score (nSPS) is 16.2. The zero-order valence-corrected chi connectivity index (χ0v) is 12.0. The maximum absolute atomic E-state index is 11.3. The van der Waals surface area contributed by atoms with E-state index in [4.69, 9.17) is 4.74 Å². The van der Waals surface area contributed by atoms with Gasteiger partial charge in [-0.1, -0.05) is 25.7 Å². The number of hydrogen-bond acceptors (Lipinski definition) is 4. The molecule has 0 radical (unpaired) electrons. The Morgan fingerprint density at radius 2 is 2.05 bits per heavy atom. The average Bonchev–Trinajstić information content (AvgIpc) is 2.70. The van der Waals surface area contributed by atoms with Crippen molar-refractivity contribution in [2.24, 2.45) is 0 Å². The highest BCUT2D eigenvalue weighted by Gasteiger charge is 2.12. The van der Waals surface area contributed by atoms with Gasteiger partial charge in [0.2, 0.25) is 0 Å². The van der Waals surface area contributed by atoms with Crippen molar-refractivity contribution in [3.05, 3.63) is 18.3 Å². The molecule has 110 valence electrons. The van der Waals surface area contributed by atoms with E-state index in [1.165, 1.54) is 38.5 Å². The number of ether oxygens (including phenoxy) is 1. The van der Waals surface area contributed by atoms with E-state index in [0.717, 1.165) is 5.69 Å². The Kier molecular flexibility index (Phi) is 5.65. The molecule has 1 aliphatic rings. The molecule has 0 spiro atoms. The first kappa shape index (κ1) is 14.6. The molecule has 2 rings (SSSR count). The summed E-state index contributed by atoms with van der Waals surface area (Å²) in [5, 5.41) is 6.10. The van der Waals surface area contributed by atoms with Gasteiger partial charge in [0.25, 0.3) is 0 Å². The van der Waals surface area contributed by atoms with E-state index in [0.29, 0.717) is 18.5 Å². The molecule has 5 heteroatoms. The Morgan fingerprint density at radius 3 is 2.65 bits per heavy atom. The summed E-state index contributed by atoms with van der Waals surface area (Å²) in [6, 6.07) is 4.28. The summed E-state index contributed by atoms with van der Waals surface area (Å²) in [5.74, 6) is 0.509. The number of anilines is 2. The predicted octanol–water partition coefficient (Wildman–Crippen LogP) is 3.78. The van der Waals surface area contributed by atoms with Crippen molar-refractivity contribution in [1.82, 2.24) is 4.98 Å². The van der Waals surface area contributed by atoms with Crippen LogP contribution in [0.1, 0.15) is 45.4 Å². The quantitative estimate of drug-likeness (QED) is 0.822. The van der Waals surface area contributed by atoms with Crippen molar-refractivity contribution in [3.8, 4) is 0 Å². The van der Waals surface area contributed by atoms with E-state index in [9.17, 15) is 4.79 Å². The largest absolute Gasteiger partial charge is 0.450 e. The summed E-state index contributed by atoms with van der Waals surface area (Å²) >= 11 is 0. The fourth-order valence-electron chi connectivity index (χ4n) is 2.48. The topological polar surface area (TPSA) is 63.2 Å². The van der Waals surface area contributed by atoms with E-state index in [-0.39, 0.29) is 0 Å². The van der Waals surface area contributed by atoms with E-state index >= 15 is 0 Å². The van der Waals surface area contributed by atoms with Gasteiger partial charge in [0.1, 0.15) is 5.82 Å². The van der Waals surface area contributed by atoms with Gasteiger partial charge in [-0.2, -0.15) is 0 Å². The molecular formula is C15H23N3O2. The third kappa shape index (κ3) is 4.72. The number of carbonyl (C=O) groups excluding carboxylic acids is 1. The molecular weight excluding hydrogens is 254 g/mol. The Hall–Kier alpha value is -1.78. The maximum atomic E-state index is 11.3. The molecule has 5 nitrogen and oxygen atoms in total. The van der Waals surface area contributed by atoms with E-state index in [2.05, 4.69) is 15.6 Å². The van der Waals surface area contributed by atoms with Gasteiger partial charge < -0.3 is 10.1 Å². The van der Waals surface area contributed by atoms with Crippen LogP contribution in [0.15, 0.2) is 18.3 Å². The van der Waals surface area contributed by atoms with Crippen molar-refractivity contribution in [3.63, 3.8) is 0 Å². The second-order valence-corrected chi connectivity index (χ2v) is 5.11. The van der Waals surface area contributed by atoms with Gasteiger partial charge in [0.15, 0.2) is 0 Å². The van der Waals surface area contributed by atoms with Crippen LogP contribution in [-0.2, 0) is 4.74 Å². The van der Waals surface area contributed by atoms with Crippen molar-refractivity contribution >= 4 is 17.6 Å². The minimum Gasteiger partial charge on any atom is -0.450 e. The smallest absolute Gasteiger partial charge is 0.412 e. The molecule has 1 aliphatic carbocycles. The van der Waals surface area contributed by atoms with Crippen LogP contribution in [0.2, 0.25) is 0 Å². The van der Waals surface area contributed by atoms with Crippen LogP contribution < -0.4 is 10.6 Å². The van der Waals surface area contributed by atoms with E-state index in [1.807, 2.05) is 6.07 Å². The lowest BCUT2D eigenvalue weighted by molar-refractivity contribution is 0.168. The molecule has 1 heterocycles. The predicted molar refractivity (Wildman–Crippen MR) is 80.0 cm³/mol. The first-order valence-electron chi connectivity index (χ1n) is 7.44. The summed E-state index contributed by atoms with van der Waals surface area (Å²) in [4.78, 5) is 15.5. The van der Waals surface area contributed by atoms with Crippen molar-refractivity contribution in [1.29, 1.82) is 0 Å². The minimum absolute atomic E-state index is 0.354. The molecule has 20 heavy (non-hydrogen) atoms. The SMILES string of the molecule is CCOC(=O)Nc1ccc(NC2CCCCCC2)cn1. The molecule has 1 saturated carbocycles. The first-order chi connectivity index (χ1) is 9.78. The molecule has 1 fully saturated rings. The maximum Gasteiger partial charge on any atom is 0.412 e. The van der Waals surface area contributed by atoms with Crippen LogP contribution in [0.4, 0.5) is 16.3 Å². The summed E-state index contributed by atoms with van der Waals surface area (Å²) in [6.45, 7) is 2.12. The average molecular weight is 277 g/mol. The van der Waals surface area contributed by atoms with E-state index < -0.39 is 6.09 Å².